The lowest BCUT2D eigenvalue weighted by Gasteiger charge is -2.05. The minimum Gasteiger partial charge on any atom is -0.370 e. The highest BCUT2D eigenvalue weighted by molar-refractivity contribution is 14.0. The zero-order valence-electron chi connectivity index (χ0n) is 11.3. The number of rotatable bonds is 5. The highest BCUT2D eigenvalue weighted by atomic mass is 127. The van der Waals surface area contributed by atoms with Gasteiger partial charge >= 0.3 is 0 Å². The maximum absolute atomic E-state index is 5.84. The van der Waals surface area contributed by atoms with Crippen LogP contribution in [0.4, 0.5) is 5.69 Å². The normalized spacial score (nSPS) is 10.8. The number of guanidine groups is 1. The molecule has 2 rings (SSSR count). The summed E-state index contributed by atoms with van der Waals surface area (Å²) >= 11 is 7.56. The molecule has 0 fully saturated rings. The largest absolute Gasteiger partial charge is 0.370 e. The number of aliphatic imine (C=N–C) groups is 1. The van der Waals surface area contributed by atoms with E-state index in [1.165, 1.54) is 4.90 Å². The molecule has 0 unspecified atom stereocenters. The topological polar surface area (TPSA) is 50.4 Å². The first-order valence-corrected chi connectivity index (χ1v) is 7.61. The lowest BCUT2D eigenvalue weighted by atomic mass is 10.3. The van der Waals surface area contributed by atoms with Crippen LogP contribution in [0.5, 0.6) is 0 Å². The molecular weight excluding hydrogens is 417 g/mol. The van der Waals surface area contributed by atoms with Gasteiger partial charge in [0.1, 0.15) is 0 Å². The van der Waals surface area contributed by atoms with Crippen LogP contribution in [0, 0.1) is 0 Å². The highest BCUT2D eigenvalue weighted by Crippen LogP contribution is 2.19. The molecule has 112 valence electrons. The Morgan fingerprint density at radius 3 is 2.43 bits per heavy atom. The van der Waals surface area contributed by atoms with Gasteiger partial charge in [0.15, 0.2) is 5.96 Å². The minimum absolute atomic E-state index is 0. The molecule has 2 aromatic carbocycles. The molecule has 0 amide bonds. The monoisotopic (exact) mass is 433 g/mol. The van der Waals surface area contributed by atoms with Crippen LogP contribution in [-0.4, -0.2) is 18.3 Å². The van der Waals surface area contributed by atoms with Crippen molar-refractivity contribution in [3.63, 3.8) is 0 Å². The van der Waals surface area contributed by atoms with Crippen LogP contribution in [0.3, 0.4) is 0 Å². The second-order valence-corrected chi connectivity index (χ2v) is 5.67. The first kappa shape index (κ1) is 18.1. The van der Waals surface area contributed by atoms with E-state index in [-0.39, 0.29) is 24.0 Å². The smallest absolute Gasteiger partial charge is 0.193 e. The van der Waals surface area contributed by atoms with Crippen molar-refractivity contribution in [3.8, 4) is 0 Å². The number of nitrogens with zero attached hydrogens (tertiary/aromatic N) is 1. The fourth-order valence-corrected chi connectivity index (χ4v) is 2.44. The molecule has 3 N–H and O–H groups in total. The molecule has 0 aromatic heterocycles. The van der Waals surface area contributed by atoms with E-state index in [0.717, 1.165) is 16.5 Å². The minimum atomic E-state index is 0. The Hall–Kier alpha value is -0.920. The molecular formula is C15H17ClIN3S. The van der Waals surface area contributed by atoms with E-state index in [4.69, 9.17) is 17.3 Å². The second-order valence-electron chi connectivity index (χ2n) is 4.06. The van der Waals surface area contributed by atoms with Crippen LogP contribution in [0.2, 0.25) is 5.02 Å². The average Bonchev–Trinajstić information content (AvgIpc) is 2.46. The molecule has 6 heteroatoms. The first-order chi connectivity index (χ1) is 9.74. The Labute approximate surface area is 151 Å². The highest BCUT2D eigenvalue weighted by Gasteiger charge is 1.95. The van der Waals surface area contributed by atoms with E-state index in [1.807, 2.05) is 54.6 Å². The Morgan fingerprint density at radius 1 is 1.10 bits per heavy atom. The lowest BCUT2D eigenvalue weighted by Crippen LogP contribution is -2.22. The molecule has 0 aliphatic heterocycles. The predicted octanol–water partition coefficient (Wildman–Crippen LogP) is 4.48. The molecule has 3 nitrogen and oxygen atoms in total. The second kappa shape index (κ2) is 9.92. The number of thioether (sulfide) groups is 1. The number of halogens is 2. The lowest BCUT2D eigenvalue weighted by molar-refractivity contribution is 1.13. The van der Waals surface area contributed by atoms with Gasteiger partial charge in [-0.1, -0.05) is 29.8 Å². The Balaban J connectivity index is 0.00000220. The summed E-state index contributed by atoms with van der Waals surface area (Å²) in [6, 6.07) is 17.5. The van der Waals surface area contributed by atoms with Crippen LogP contribution in [0.15, 0.2) is 64.5 Å². The summed E-state index contributed by atoms with van der Waals surface area (Å²) in [4.78, 5) is 5.47. The van der Waals surface area contributed by atoms with E-state index in [0.29, 0.717) is 12.5 Å². The van der Waals surface area contributed by atoms with Crippen LogP contribution in [0.1, 0.15) is 0 Å². The molecule has 0 saturated carbocycles. The molecule has 21 heavy (non-hydrogen) atoms. The van der Waals surface area contributed by atoms with Gasteiger partial charge in [-0.3, -0.25) is 4.99 Å². The van der Waals surface area contributed by atoms with E-state index < -0.39 is 0 Å². The summed E-state index contributed by atoms with van der Waals surface area (Å²) < 4.78 is 0. The average molecular weight is 434 g/mol. The Bertz CT molecular complexity index is 561. The zero-order valence-corrected chi connectivity index (χ0v) is 15.2. The number of benzene rings is 2. The van der Waals surface area contributed by atoms with Crippen LogP contribution >= 0.6 is 47.3 Å². The van der Waals surface area contributed by atoms with Crippen LogP contribution < -0.4 is 11.1 Å². The van der Waals surface area contributed by atoms with Crippen molar-refractivity contribution in [2.24, 2.45) is 10.7 Å². The third kappa shape index (κ3) is 7.06. The third-order valence-electron chi connectivity index (χ3n) is 2.50. The summed E-state index contributed by atoms with van der Waals surface area (Å²) in [5, 5.41) is 3.80. The Kier molecular flexibility index (Phi) is 8.56. The van der Waals surface area contributed by atoms with Crippen molar-refractivity contribution in [1.29, 1.82) is 0 Å². The summed E-state index contributed by atoms with van der Waals surface area (Å²) in [5.74, 6) is 1.31. The van der Waals surface area contributed by atoms with Crippen molar-refractivity contribution in [2.75, 3.05) is 17.6 Å². The number of para-hydroxylation sites is 1. The van der Waals surface area contributed by atoms with Crippen molar-refractivity contribution < 1.29 is 0 Å². The van der Waals surface area contributed by atoms with E-state index >= 15 is 0 Å². The fourth-order valence-electron chi connectivity index (χ4n) is 1.57. The Morgan fingerprint density at radius 2 is 1.76 bits per heavy atom. The number of hydrogen-bond acceptors (Lipinski definition) is 2. The number of hydrogen-bond donors (Lipinski definition) is 2. The molecule has 0 saturated heterocycles. The first-order valence-electron chi connectivity index (χ1n) is 6.24. The van der Waals surface area contributed by atoms with Crippen LogP contribution in [-0.2, 0) is 0 Å². The van der Waals surface area contributed by atoms with Crippen molar-refractivity contribution in [3.05, 3.63) is 59.6 Å². The number of anilines is 1. The van der Waals surface area contributed by atoms with E-state index in [9.17, 15) is 0 Å². The molecule has 0 radical (unpaired) electrons. The van der Waals surface area contributed by atoms with Gasteiger partial charge in [0.25, 0.3) is 0 Å². The molecule has 2 aromatic rings. The van der Waals surface area contributed by atoms with Gasteiger partial charge in [-0.25, -0.2) is 0 Å². The van der Waals surface area contributed by atoms with E-state index in [1.54, 1.807) is 11.8 Å². The molecule has 0 spiro atoms. The van der Waals surface area contributed by atoms with E-state index in [2.05, 4.69) is 10.3 Å². The van der Waals surface area contributed by atoms with Crippen molar-refractivity contribution in [1.82, 2.24) is 0 Å². The van der Waals surface area contributed by atoms with Gasteiger partial charge in [0.05, 0.1) is 6.54 Å². The maximum Gasteiger partial charge on any atom is 0.193 e. The van der Waals surface area contributed by atoms with Gasteiger partial charge < -0.3 is 11.1 Å². The van der Waals surface area contributed by atoms with Gasteiger partial charge in [-0.2, -0.15) is 0 Å². The molecule has 0 heterocycles. The molecule has 0 atom stereocenters. The quantitative estimate of drug-likeness (QED) is 0.240. The van der Waals surface area contributed by atoms with Gasteiger partial charge in [0.2, 0.25) is 0 Å². The SMILES string of the molecule is I.NC(=NCCSc1ccc(Cl)cc1)Nc1ccccc1. The summed E-state index contributed by atoms with van der Waals surface area (Å²) in [5.41, 5.74) is 6.76. The van der Waals surface area contributed by atoms with Crippen molar-refractivity contribution >= 4 is 59.0 Å². The summed E-state index contributed by atoms with van der Waals surface area (Å²) in [6.07, 6.45) is 0. The van der Waals surface area contributed by atoms with Gasteiger partial charge in [-0.05, 0) is 36.4 Å². The fraction of sp³-hybridized carbons (Fsp3) is 0.133. The summed E-state index contributed by atoms with van der Waals surface area (Å²) in [7, 11) is 0. The number of nitrogens with one attached hydrogen (secondary N) is 1. The molecule has 0 aliphatic carbocycles. The zero-order chi connectivity index (χ0) is 14.2. The predicted molar refractivity (Wildman–Crippen MR) is 104 cm³/mol. The maximum atomic E-state index is 5.84. The standard InChI is InChI=1S/C15H16ClN3S.HI/c16-12-6-8-14(9-7-12)20-11-10-18-15(17)19-13-4-2-1-3-5-13;/h1-9H,10-11H2,(H3,17,18,19);1H. The van der Waals surface area contributed by atoms with Crippen molar-refractivity contribution in [2.45, 2.75) is 4.90 Å². The van der Waals surface area contributed by atoms with Gasteiger partial charge in [-0.15, -0.1) is 35.7 Å². The van der Waals surface area contributed by atoms with Crippen LogP contribution in [0.25, 0.3) is 0 Å². The molecule has 0 aliphatic rings. The number of nitrogens with two attached hydrogens (primary N) is 1. The van der Waals surface area contributed by atoms with Gasteiger partial charge in [0, 0.05) is 21.4 Å². The summed E-state index contributed by atoms with van der Waals surface area (Å²) in [6.45, 7) is 0.666. The third-order valence-corrected chi connectivity index (χ3v) is 3.75. The molecule has 0 bridgehead atoms.